The van der Waals surface area contributed by atoms with Gasteiger partial charge in [-0.2, -0.15) is 0 Å². The highest BCUT2D eigenvalue weighted by Gasteiger charge is 2.63. The van der Waals surface area contributed by atoms with Crippen molar-refractivity contribution in [3.8, 4) is 0 Å². The molecule has 0 saturated carbocycles. The molecule has 65 heavy (non-hydrogen) atoms. The summed E-state index contributed by atoms with van der Waals surface area (Å²) >= 11 is 0. The van der Waals surface area contributed by atoms with E-state index >= 15 is 0 Å². The number of carboxylic acids is 1. The average molecular weight is 918 g/mol. The molecular weight excluding hydrogens is 823 g/mol. The SMILES string of the molecule is CCCCCCCCCCCCN[C@@H]1C=C[C@]2(O[C@H]([C@@H](CC)C(=O)[C@@H](C)[C@@H](O)[C@H](C)C3OC(C(CC)C(=O)O)CC[C@@H]3C)[C@@H](C)C[C@H]2C)O[C@@]12CC[C@@](C)([C@H]1CC[C@](O)(CC)[C@H](C)O1)O2. The van der Waals surface area contributed by atoms with Crippen LogP contribution in [0, 0.1) is 41.4 Å². The van der Waals surface area contributed by atoms with Crippen LogP contribution in [0.4, 0.5) is 0 Å². The number of carbonyl (C=O) groups is 2. The number of aliphatic hydroxyl groups excluding tert-OH is 1. The summed E-state index contributed by atoms with van der Waals surface area (Å²) in [6, 6.07) is -0.219. The fourth-order valence-electron chi connectivity index (χ4n) is 12.6. The third kappa shape index (κ3) is 12.5. The Labute approximate surface area is 394 Å². The lowest BCUT2D eigenvalue weighted by Crippen LogP contribution is -2.65. The van der Waals surface area contributed by atoms with E-state index in [0.29, 0.717) is 44.9 Å². The number of aliphatic carboxylic acids is 1. The summed E-state index contributed by atoms with van der Waals surface area (Å²) < 4.78 is 35.2. The molecule has 5 aliphatic heterocycles. The molecule has 0 aliphatic carbocycles. The van der Waals surface area contributed by atoms with Crippen molar-refractivity contribution in [2.75, 3.05) is 6.54 Å². The number of Topliss-reactive ketones (excluding diaryl/α,β-unsaturated/α-hetero) is 1. The summed E-state index contributed by atoms with van der Waals surface area (Å²) in [7, 11) is 0. The number of hydrogen-bond acceptors (Lipinski definition) is 10. The van der Waals surface area contributed by atoms with E-state index in [9.17, 15) is 24.9 Å². The van der Waals surface area contributed by atoms with Crippen molar-refractivity contribution in [2.24, 2.45) is 41.4 Å². The molecule has 0 aromatic heterocycles. The maximum Gasteiger partial charge on any atom is 0.309 e. The van der Waals surface area contributed by atoms with Gasteiger partial charge in [0.15, 0.2) is 11.6 Å². The Morgan fingerprint density at radius 2 is 1.43 bits per heavy atom. The van der Waals surface area contributed by atoms with Gasteiger partial charge in [0.25, 0.3) is 0 Å². The smallest absolute Gasteiger partial charge is 0.309 e. The first-order chi connectivity index (χ1) is 30.8. The first-order valence-electron chi connectivity index (χ1n) is 26.8. The van der Waals surface area contributed by atoms with Crippen LogP contribution in [0.2, 0.25) is 0 Å². The number of ketones is 1. The van der Waals surface area contributed by atoms with Crippen molar-refractivity contribution in [3.05, 3.63) is 12.2 Å². The van der Waals surface area contributed by atoms with Gasteiger partial charge in [0.1, 0.15) is 5.78 Å². The molecule has 5 heterocycles. The maximum atomic E-state index is 14.7. The van der Waals surface area contributed by atoms with Crippen LogP contribution in [-0.4, -0.2) is 99.1 Å². The van der Waals surface area contributed by atoms with E-state index in [2.05, 4.69) is 52.1 Å². The van der Waals surface area contributed by atoms with Gasteiger partial charge < -0.3 is 44.3 Å². The molecule has 18 atom stereocenters. The normalized spacial score (nSPS) is 39.9. The molecule has 5 aliphatic rings. The van der Waals surface area contributed by atoms with Crippen molar-refractivity contribution in [3.63, 3.8) is 0 Å². The molecule has 5 rings (SSSR count). The molecule has 0 amide bonds. The van der Waals surface area contributed by atoms with Crippen LogP contribution < -0.4 is 5.32 Å². The van der Waals surface area contributed by atoms with Crippen LogP contribution in [0.15, 0.2) is 12.2 Å². The molecule has 0 bridgehead atoms. The molecule has 4 saturated heterocycles. The topological polar surface area (TPSA) is 153 Å². The number of rotatable bonds is 24. The van der Waals surface area contributed by atoms with Gasteiger partial charge in [-0.15, -0.1) is 0 Å². The first kappa shape index (κ1) is 54.5. The van der Waals surface area contributed by atoms with Gasteiger partial charge in [0.05, 0.1) is 59.8 Å². The van der Waals surface area contributed by atoms with Crippen LogP contribution in [0.3, 0.4) is 0 Å². The highest BCUT2D eigenvalue weighted by molar-refractivity contribution is 5.84. The van der Waals surface area contributed by atoms with Gasteiger partial charge in [-0.1, -0.05) is 126 Å². The Kier molecular flexibility index (Phi) is 20.1. The quantitative estimate of drug-likeness (QED) is 0.0541. The number of carbonyl (C=O) groups excluding carboxylic acids is 1. The number of nitrogens with one attached hydrogen (secondary N) is 1. The Morgan fingerprint density at radius 3 is 2.03 bits per heavy atom. The van der Waals surface area contributed by atoms with Crippen LogP contribution in [0.5, 0.6) is 0 Å². The Hall–Kier alpha value is -1.44. The minimum absolute atomic E-state index is 0.0305. The predicted molar refractivity (Wildman–Crippen MR) is 256 cm³/mol. The number of ether oxygens (including phenoxy) is 5. The van der Waals surface area contributed by atoms with Gasteiger partial charge in [0, 0.05) is 30.1 Å². The van der Waals surface area contributed by atoms with Gasteiger partial charge in [0.2, 0.25) is 0 Å². The minimum atomic E-state index is -1.13. The zero-order valence-corrected chi connectivity index (χ0v) is 42.8. The third-order valence-electron chi connectivity index (χ3n) is 17.4. The fraction of sp³-hybridized carbons (Fsp3) is 0.926. The summed E-state index contributed by atoms with van der Waals surface area (Å²) in [5, 5.41) is 37.0. The molecule has 4 fully saturated rings. The Morgan fingerprint density at radius 1 is 0.785 bits per heavy atom. The largest absolute Gasteiger partial charge is 0.481 e. The molecule has 11 heteroatoms. The number of aliphatic hydroxyl groups is 2. The second-order valence-corrected chi connectivity index (χ2v) is 22.1. The van der Waals surface area contributed by atoms with Gasteiger partial charge in [-0.05, 0) is 103 Å². The second-order valence-electron chi connectivity index (χ2n) is 22.1. The van der Waals surface area contributed by atoms with E-state index in [0.717, 1.165) is 32.2 Å². The number of carboxylic acid groups (broad SMARTS) is 1. The highest BCUT2D eigenvalue weighted by Crippen LogP contribution is 2.54. The molecule has 376 valence electrons. The number of hydrogen-bond donors (Lipinski definition) is 4. The summed E-state index contributed by atoms with van der Waals surface area (Å²) in [5.74, 6) is -5.05. The van der Waals surface area contributed by atoms with E-state index < -0.39 is 64.8 Å². The van der Waals surface area contributed by atoms with E-state index in [1.54, 1.807) is 0 Å². The molecule has 3 unspecified atom stereocenters. The Bertz CT molecular complexity index is 1530. The zero-order chi connectivity index (χ0) is 47.7. The standard InChI is InChI=1S/C54H95NO10/c1-12-16-17-18-19-20-21-22-23-24-33-55-44-27-30-53(65-54(44)32-31-51(11,64-54)45-28-29-52(60,15-4)40(10)61-45)37(7)34-36(6)49(63-53)42(14-3)47(57)38(8)46(56)39(9)48-35(5)25-26-43(62-48)41(13-2)50(58)59/h27,30,35-46,48-49,55-56,60H,12-26,28-29,31-34H2,1-11H3,(H,58,59)/t35-,36-,37+,38-,39-,40-,41?,42-,43?,44+,45+,46+,48?,49-,51-,52+,53-,54-/m0/s1. The summed E-state index contributed by atoms with van der Waals surface area (Å²) in [6.07, 6.45) is 21.0. The number of unbranched alkanes of at least 4 members (excludes halogenated alkanes) is 9. The molecular formula is C54H95NO10. The van der Waals surface area contributed by atoms with E-state index in [4.69, 9.17) is 23.7 Å². The van der Waals surface area contributed by atoms with E-state index in [1.807, 2.05) is 41.5 Å². The van der Waals surface area contributed by atoms with E-state index in [1.165, 1.54) is 57.8 Å². The van der Waals surface area contributed by atoms with Crippen molar-refractivity contribution in [1.82, 2.24) is 5.32 Å². The zero-order valence-electron chi connectivity index (χ0n) is 42.8. The minimum Gasteiger partial charge on any atom is -0.481 e. The Balaban J connectivity index is 1.32. The fourth-order valence-corrected chi connectivity index (χ4v) is 12.6. The lowest BCUT2D eigenvalue weighted by molar-refractivity contribution is -0.398. The molecule has 4 N–H and O–H groups in total. The first-order valence-corrected chi connectivity index (χ1v) is 26.8. The monoisotopic (exact) mass is 918 g/mol. The summed E-state index contributed by atoms with van der Waals surface area (Å²) in [4.78, 5) is 26.8. The van der Waals surface area contributed by atoms with Crippen molar-refractivity contribution in [2.45, 2.75) is 270 Å². The van der Waals surface area contributed by atoms with Crippen molar-refractivity contribution in [1.29, 1.82) is 0 Å². The van der Waals surface area contributed by atoms with Gasteiger partial charge in [-0.25, -0.2) is 0 Å². The lowest BCUT2D eigenvalue weighted by Gasteiger charge is -2.55. The van der Waals surface area contributed by atoms with Crippen molar-refractivity contribution >= 4 is 11.8 Å². The third-order valence-corrected chi connectivity index (χ3v) is 17.4. The second kappa shape index (κ2) is 23.9. The van der Waals surface area contributed by atoms with Crippen LogP contribution in [0.25, 0.3) is 0 Å². The molecule has 2 spiro atoms. The molecule has 0 aromatic carbocycles. The van der Waals surface area contributed by atoms with E-state index in [-0.39, 0.29) is 53.8 Å². The predicted octanol–water partition coefficient (Wildman–Crippen LogP) is 10.7. The molecule has 0 radical (unpaired) electrons. The van der Waals surface area contributed by atoms with Crippen LogP contribution in [-0.2, 0) is 33.3 Å². The summed E-state index contributed by atoms with van der Waals surface area (Å²) in [5.41, 5.74) is -1.50. The average Bonchev–Trinajstić information content (AvgIpc) is 3.62. The summed E-state index contributed by atoms with van der Waals surface area (Å²) in [6.45, 7) is 23.4. The van der Waals surface area contributed by atoms with Gasteiger partial charge >= 0.3 is 5.97 Å². The lowest BCUT2D eigenvalue weighted by atomic mass is 9.72. The molecule has 11 nitrogen and oxygen atoms in total. The van der Waals surface area contributed by atoms with Gasteiger partial charge in [-0.3, -0.25) is 9.59 Å². The maximum absolute atomic E-state index is 14.7. The molecule has 0 aromatic rings. The van der Waals surface area contributed by atoms with Crippen LogP contribution in [0.1, 0.15) is 205 Å². The van der Waals surface area contributed by atoms with Crippen LogP contribution >= 0.6 is 0 Å². The van der Waals surface area contributed by atoms with Crippen molar-refractivity contribution < 1.29 is 48.6 Å². The highest BCUT2D eigenvalue weighted by atomic mass is 16.8.